The van der Waals surface area contributed by atoms with Gasteiger partial charge in [0, 0.05) is 30.7 Å². The van der Waals surface area contributed by atoms with Crippen molar-refractivity contribution in [1.82, 2.24) is 4.98 Å². The largest absolute Gasteiger partial charge is 0.465 e. The average molecular weight is 315 g/mol. The quantitative estimate of drug-likeness (QED) is 0.632. The molecule has 0 aromatic carbocycles. The molecule has 2 bridgehead atoms. The van der Waals surface area contributed by atoms with Gasteiger partial charge in [0.15, 0.2) is 0 Å². The minimum Gasteiger partial charge on any atom is -0.465 e. The molecule has 0 unspecified atom stereocenters. The zero-order valence-electron chi connectivity index (χ0n) is 14.3. The van der Waals surface area contributed by atoms with E-state index >= 15 is 0 Å². The number of pyridine rings is 1. The van der Waals surface area contributed by atoms with Gasteiger partial charge in [0.05, 0.1) is 19.3 Å². The van der Waals surface area contributed by atoms with E-state index in [2.05, 4.69) is 37.9 Å². The second-order valence-corrected chi connectivity index (χ2v) is 7.05. The van der Waals surface area contributed by atoms with Gasteiger partial charge in [0.25, 0.3) is 0 Å². The van der Waals surface area contributed by atoms with Crippen LogP contribution in [0.15, 0.2) is 36.2 Å². The Morgan fingerprint density at radius 3 is 2.91 bits per heavy atom. The summed E-state index contributed by atoms with van der Waals surface area (Å²) in [6, 6.07) is 4.03. The zero-order chi connectivity index (χ0) is 16.6. The fraction of sp³-hybridized carbons (Fsp3) is 0.579. The topological polar surface area (TPSA) is 48.4 Å². The van der Waals surface area contributed by atoms with Gasteiger partial charge in [-0.3, -0.25) is 9.78 Å². The minimum atomic E-state index is -0.226. The molecule has 5 atom stereocenters. The lowest BCUT2D eigenvalue weighted by Crippen LogP contribution is -2.54. The molecule has 0 saturated carbocycles. The van der Waals surface area contributed by atoms with E-state index in [1.807, 2.05) is 12.3 Å². The van der Waals surface area contributed by atoms with Gasteiger partial charge in [-0.1, -0.05) is 31.6 Å². The Bertz CT molecular complexity index is 612. The summed E-state index contributed by atoms with van der Waals surface area (Å²) in [5.41, 5.74) is 2.33. The van der Waals surface area contributed by atoms with Crippen LogP contribution in [0.5, 0.6) is 0 Å². The van der Waals surface area contributed by atoms with Gasteiger partial charge in [0.1, 0.15) is 0 Å². The van der Waals surface area contributed by atoms with Crippen molar-refractivity contribution in [3.63, 3.8) is 0 Å². The van der Waals surface area contributed by atoms with Crippen molar-refractivity contribution < 1.29 is 14.3 Å². The van der Waals surface area contributed by atoms with Crippen molar-refractivity contribution in [3.8, 4) is 0 Å². The zero-order valence-corrected chi connectivity index (χ0v) is 14.3. The number of esters is 1. The van der Waals surface area contributed by atoms with E-state index in [1.54, 1.807) is 6.20 Å². The van der Waals surface area contributed by atoms with Crippen LogP contribution in [0, 0.1) is 23.2 Å². The number of carbonyl (C=O) groups is 1. The Morgan fingerprint density at radius 2 is 2.26 bits per heavy atom. The molecule has 2 aliphatic rings. The van der Waals surface area contributed by atoms with Gasteiger partial charge in [0.2, 0.25) is 0 Å². The number of carbonyl (C=O) groups excluding carboxylic acids is 1. The van der Waals surface area contributed by atoms with Gasteiger partial charge in [-0.15, -0.1) is 0 Å². The second kappa shape index (κ2) is 6.08. The smallest absolute Gasteiger partial charge is 0.302 e. The predicted octanol–water partition coefficient (Wildman–Crippen LogP) is 3.55. The molecule has 2 heterocycles. The number of ether oxygens (including phenoxy) is 2. The van der Waals surface area contributed by atoms with E-state index in [-0.39, 0.29) is 17.5 Å². The fourth-order valence-corrected chi connectivity index (χ4v) is 4.34. The molecule has 1 saturated heterocycles. The monoisotopic (exact) mass is 315 g/mol. The summed E-state index contributed by atoms with van der Waals surface area (Å²) in [4.78, 5) is 15.6. The molecule has 4 nitrogen and oxygen atoms in total. The first-order valence-electron chi connectivity index (χ1n) is 8.29. The van der Waals surface area contributed by atoms with E-state index in [0.717, 1.165) is 5.56 Å². The third kappa shape index (κ3) is 2.69. The first kappa shape index (κ1) is 16.2. The van der Waals surface area contributed by atoms with Crippen molar-refractivity contribution in [1.29, 1.82) is 0 Å². The molecule has 1 aromatic heterocycles. The molecule has 0 radical (unpaired) electrons. The highest BCUT2D eigenvalue weighted by molar-refractivity contribution is 5.66. The predicted molar refractivity (Wildman–Crippen MR) is 87.6 cm³/mol. The normalized spacial score (nSPS) is 36.3. The van der Waals surface area contributed by atoms with Crippen molar-refractivity contribution in [3.05, 3.63) is 41.7 Å². The van der Waals surface area contributed by atoms with Gasteiger partial charge >= 0.3 is 5.97 Å². The Hall–Kier alpha value is -1.68. The van der Waals surface area contributed by atoms with Gasteiger partial charge in [-0.2, -0.15) is 0 Å². The van der Waals surface area contributed by atoms with E-state index in [4.69, 9.17) is 9.47 Å². The number of hydrogen-bond acceptors (Lipinski definition) is 4. The first-order valence-corrected chi connectivity index (χ1v) is 8.29. The highest BCUT2D eigenvalue weighted by Gasteiger charge is 2.54. The Labute approximate surface area is 137 Å². The maximum absolute atomic E-state index is 11.3. The third-order valence-electron chi connectivity index (χ3n) is 5.81. The molecule has 1 aromatic rings. The van der Waals surface area contributed by atoms with Gasteiger partial charge < -0.3 is 9.47 Å². The summed E-state index contributed by atoms with van der Waals surface area (Å²) in [6.45, 7) is 9.15. The Morgan fingerprint density at radius 1 is 1.48 bits per heavy atom. The fourth-order valence-electron chi connectivity index (χ4n) is 4.34. The van der Waals surface area contributed by atoms with Crippen LogP contribution in [-0.2, 0) is 14.3 Å². The van der Waals surface area contributed by atoms with Gasteiger partial charge in [-0.05, 0) is 30.4 Å². The molecule has 0 spiro atoms. The summed E-state index contributed by atoms with van der Waals surface area (Å²) >= 11 is 0. The van der Waals surface area contributed by atoms with Crippen molar-refractivity contribution >= 4 is 5.97 Å². The van der Waals surface area contributed by atoms with Crippen molar-refractivity contribution in [2.45, 2.75) is 33.8 Å². The van der Waals surface area contributed by atoms with Crippen LogP contribution in [0.3, 0.4) is 0 Å². The lowest BCUT2D eigenvalue weighted by atomic mass is 9.56. The van der Waals surface area contributed by atoms with Crippen LogP contribution in [-0.4, -0.2) is 24.2 Å². The summed E-state index contributed by atoms with van der Waals surface area (Å²) < 4.78 is 11.7. The lowest BCUT2D eigenvalue weighted by molar-refractivity contribution is -0.180. The standard InChI is InChI=1S/C19H25NO3/c1-12-8-13(2)19(10-22-15(4)21)11-23-18(17(12)14(19)3)16-6-5-7-20-9-16/h5-9,13-14,17-18H,10-11H2,1-4H3/t13-,14+,17-,18+,19+/m0/s1. The summed E-state index contributed by atoms with van der Waals surface area (Å²) in [5, 5.41) is 0. The van der Waals surface area contributed by atoms with Crippen LogP contribution in [0.1, 0.15) is 39.4 Å². The minimum absolute atomic E-state index is 0.0212. The summed E-state index contributed by atoms with van der Waals surface area (Å²) in [5.74, 6) is 0.763. The molecule has 1 aliphatic carbocycles. The van der Waals surface area contributed by atoms with E-state index < -0.39 is 0 Å². The second-order valence-electron chi connectivity index (χ2n) is 7.05. The molecule has 0 N–H and O–H groups in total. The van der Waals surface area contributed by atoms with E-state index in [0.29, 0.717) is 31.0 Å². The van der Waals surface area contributed by atoms with Crippen LogP contribution in [0.2, 0.25) is 0 Å². The number of fused-ring (bicyclic) bond motifs is 2. The number of hydrogen-bond donors (Lipinski definition) is 0. The van der Waals surface area contributed by atoms with E-state index in [9.17, 15) is 4.79 Å². The number of rotatable bonds is 3. The van der Waals surface area contributed by atoms with Crippen LogP contribution < -0.4 is 0 Å². The summed E-state index contributed by atoms with van der Waals surface area (Å²) in [7, 11) is 0. The summed E-state index contributed by atoms with van der Waals surface area (Å²) in [6.07, 6.45) is 6.03. The number of allylic oxidation sites excluding steroid dienone is 1. The Kier molecular flexibility index (Phi) is 4.28. The molecular formula is C19H25NO3. The lowest BCUT2D eigenvalue weighted by Gasteiger charge is -2.55. The molecule has 1 aliphatic heterocycles. The van der Waals surface area contributed by atoms with Crippen molar-refractivity contribution in [2.75, 3.05) is 13.2 Å². The molecule has 1 fully saturated rings. The average Bonchev–Trinajstić information content (AvgIpc) is 2.52. The maximum Gasteiger partial charge on any atom is 0.302 e. The number of aromatic nitrogens is 1. The van der Waals surface area contributed by atoms with E-state index in [1.165, 1.54) is 12.5 Å². The molecule has 4 heteroatoms. The van der Waals surface area contributed by atoms with Crippen molar-refractivity contribution in [2.24, 2.45) is 23.2 Å². The van der Waals surface area contributed by atoms with Gasteiger partial charge in [-0.25, -0.2) is 0 Å². The molecule has 3 rings (SSSR count). The highest BCUT2D eigenvalue weighted by Crippen LogP contribution is 2.56. The molecule has 0 amide bonds. The van der Waals surface area contributed by atoms with Crippen LogP contribution >= 0.6 is 0 Å². The maximum atomic E-state index is 11.3. The molecule has 23 heavy (non-hydrogen) atoms. The highest BCUT2D eigenvalue weighted by atomic mass is 16.5. The Balaban J connectivity index is 1.95. The van der Waals surface area contributed by atoms with Crippen LogP contribution in [0.25, 0.3) is 0 Å². The molecule has 124 valence electrons. The third-order valence-corrected chi connectivity index (χ3v) is 5.81. The SMILES string of the molecule is CC(=O)OC[C@@]12CO[C@H](c3cccnc3)[C@@H](C(C)=C[C@@H]1C)[C@H]2C. The first-order chi connectivity index (χ1) is 11.0. The molecular weight excluding hydrogens is 290 g/mol. The number of nitrogens with zero attached hydrogens (tertiary/aromatic N) is 1. The van der Waals surface area contributed by atoms with Crippen LogP contribution in [0.4, 0.5) is 0 Å².